The van der Waals surface area contributed by atoms with Gasteiger partial charge in [0.25, 0.3) is 5.91 Å². The third-order valence-electron chi connectivity index (χ3n) is 6.83. The largest absolute Gasteiger partial charge is 0.416 e. The van der Waals surface area contributed by atoms with E-state index in [0.29, 0.717) is 30.6 Å². The number of hydrogen-bond donors (Lipinski definition) is 1. The summed E-state index contributed by atoms with van der Waals surface area (Å²) in [6, 6.07) is 20.0. The molecule has 1 heterocycles. The van der Waals surface area contributed by atoms with Gasteiger partial charge in [0.05, 0.1) is 5.56 Å². The van der Waals surface area contributed by atoms with Gasteiger partial charge >= 0.3 is 6.18 Å². The Morgan fingerprint density at radius 2 is 1.57 bits per heavy atom. The molecule has 5 nitrogen and oxygen atoms in total. The second kappa shape index (κ2) is 12.4. The van der Waals surface area contributed by atoms with E-state index < -0.39 is 11.7 Å². The van der Waals surface area contributed by atoms with Gasteiger partial charge in [-0.25, -0.2) is 0 Å². The molecule has 2 amide bonds. The summed E-state index contributed by atoms with van der Waals surface area (Å²) in [5.74, 6) is -0.356. The topological polar surface area (TPSA) is 56.4 Å². The number of hydrogen-bond acceptors (Lipinski definition) is 2. The summed E-state index contributed by atoms with van der Waals surface area (Å²) in [5, 5.41) is 1.06. The summed E-state index contributed by atoms with van der Waals surface area (Å²) in [5.41, 5.74) is 3.41. The van der Waals surface area contributed by atoms with Crippen molar-refractivity contribution >= 4 is 22.7 Å². The second-order valence-electron chi connectivity index (χ2n) is 10.6. The van der Waals surface area contributed by atoms with Crippen molar-refractivity contribution in [1.29, 1.82) is 0 Å². The number of aromatic nitrogens is 1. The predicted octanol–water partition coefficient (Wildman–Crippen LogP) is 6.86. The van der Waals surface area contributed by atoms with Crippen molar-refractivity contribution in [2.75, 3.05) is 19.6 Å². The van der Waals surface area contributed by atoms with E-state index in [9.17, 15) is 22.8 Å². The van der Waals surface area contributed by atoms with E-state index in [-0.39, 0.29) is 30.8 Å². The second-order valence-corrected chi connectivity index (χ2v) is 10.6. The summed E-state index contributed by atoms with van der Waals surface area (Å²) in [6.45, 7) is 6.65. The van der Waals surface area contributed by atoms with Gasteiger partial charge in [0.15, 0.2) is 0 Å². The van der Waals surface area contributed by atoms with Gasteiger partial charge in [-0.05, 0) is 60.7 Å². The van der Waals surface area contributed by atoms with Crippen LogP contribution in [0, 0.1) is 12.8 Å². The van der Waals surface area contributed by atoms with E-state index in [1.165, 1.54) is 12.1 Å². The molecule has 40 heavy (non-hydrogen) atoms. The number of nitrogens with zero attached hydrogens (tertiary/aromatic N) is 2. The normalized spacial score (nSPS) is 11.7. The van der Waals surface area contributed by atoms with Crippen LogP contribution in [0.4, 0.5) is 13.2 Å². The van der Waals surface area contributed by atoms with Crippen LogP contribution in [0.5, 0.6) is 0 Å². The molecule has 0 fully saturated rings. The quantitative estimate of drug-likeness (QED) is 0.235. The van der Waals surface area contributed by atoms with E-state index in [2.05, 4.69) is 4.98 Å². The molecule has 4 aromatic rings. The van der Waals surface area contributed by atoms with E-state index in [0.717, 1.165) is 34.2 Å². The number of aromatic amines is 1. The molecule has 0 aliphatic carbocycles. The first-order chi connectivity index (χ1) is 19.0. The van der Waals surface area contributed by atoms with Gasteiger partial charge in [-0.3, -0.25) is 9.59 Å². The Hall–Kier alpha value is -4.07. The van der Waals surface area contributed by atoms with Crippen LogP contribution < -0.4 is 0 Å². The third kappa shape index (κ3) is 7.31. The Morgan fingerprint density at radius 3 is 2.23 bits per heavy atom. The molecular formula is C32H34F3N3O2. The SMILES string of the molecule is Cc1ccc(C(=O)N(CC(=O)N(CCc2c[nH]c3ccccc23)Cc2ccc(C(F)(F)F)cc2)CC(C)C)cc1. The van der Waals surface area contributed by atoms with Crippen LogP contribution in [-0.2, 0) is 23.9 Å². The molecule has 0 aliphatic rings. The number of halogens is 3. The van der Waals surface area contributed by atoms with Gasteiger partial charge in [0, 0.05) is 42.3 Å². The minimum absolute atomic E-state index is 0.126. The number of H-pyrrole nitrogens is 1. The Bertz CT molecular complexity index is 1440. The molecule has 1 aromatic heterocycles. The zero-order valence-electron chi connectivity index (χ0n) is 23.0. The van der Waals surface area contributed by atoms with E-state index in [4.69, 9.17) is 0 Å². The molecule has 0 saturated heterocycles. The summed E-state index contributed by atoms with van der Waals surface area (Å²) >= 11 is 0. The number of amides is 2. The molecule has 0 atom stereocenters. The molecule has 4 rings (SSSR count). The smallest absolute Gasteiger partial charge is 0.361 e. The van der Waals surface area contributed by atoms with Crippen LogP contribution in [0.1, 0.15) is 46.5 Å². The standard InChI is InChI=1S/C32H34F3N3O2/c1-22(2)19-38(31(40)25-12-8-23(3)9-13-25)21-30(39)37(20-24-10-14-27(15-11-24)32(33,34)35)17-16-26-18-36-29-7-5-4-6-28(26)29/h4-15,18,22,36H,16-17,19-21H2,1-3H3. The van der Waals surface area contributed by atoms with E-state index >= 15 is 0 Å². The minimum Gasteiger partial charge on any atom is -0.361 e. The van der Waals surface area contributed by atoms with Crippen molar-refractivity contribution in [2.24, 2.45) is 5.92 Å². The Labute approximate surface area is 232 Å². The minimum atomic E-state index is -4.43. The Balaban J connectivity index is 1.57. The lowest BCUT2D eigenvalue weighted by Crippen LogP contribution is -2.44. The number of fused-ring (bicyclic) bond motifs is 1. The van der Waals surface area contributed by atoms with Gasteiger partial charge < -0.3 is 14.8 Å². The van der Waals surface area contributed by atoms with Gasteiger partial charge in [0.1, 0.15) is 6.54 Å². The molecule has 0 unspecified atom stereocenters. The van der Waals surface area contributed by atoms with Crippen molar-refractivity contribution < 1.29 is 22.8 Å². The Morgan fingerprint density at radius 1 is 0.900 bits per heavy atom. The third-order valence-corrected chi connectivity index (χ3v) is 6.83. The summed E-state index contributed by atoms with van der Waals surface area (Å²) < 4.78 is 39.3. The van der Waals surface area contributed by atoms with Crippen molar-refractivity contribution in [3.63, 3.8) is 0 Å². The fraction of sp³-hybridized carbons (Fsp3) is 0.312. The van der Waals surface area contributed by atoms with E-state index in [1.807, 2.05) is 63.4 Å². The lowest BCUT2D eigenvalue weighted by Gasteiger charge is -2.29. The van der Waals surface area contributed by atoms with Crippen molar-refractivity contribution in [1.82, 2.24) is 14.8 Å². The van der Waals surface area contributed by atoms with Gasteiger partial charge in [0.2, 0.25) is 5.91 Å². The maximum Gasteiger partial charge on any atom is 0.416 e. The molecule has 0 bridgehead atoms. The molecular weight excluding hydrogens is 515 g/mol. The van der Waals surface area contributed by atoms with Gasteiger partial charge in [-0.2, -0.15) is 13.2 Å². The highest BCUT2D eigenvalue weighted by Gasteiger charge is 2.30. The monoisotopic (exact) mass is 549 g/mol. The van der Waals surface area contributed by atoms with Gasteiger partial charge in [-0.15, -0.1) is 0 Å². The van der Waals surface area contributed by atoms with Crippen LogP contribution in [0.15, 0.2) is 79.0 Å². The summed E-state index contributed by atoms with van der Waals surface area (Å²) in [6.07, 6.45) is -1.97. The van der Waals surface area contributed by atoms with Crippen LogP contribution in [0.25, 0.3) is 10.9 Å². The van der Waals surface area contributed by atoms with Crippen LogP contribution in [-0.4, -0.2) is 46.2 Å². The van der Waals surface area contributed by atoms with Gasteiger partial charge in [-0.1, -0.05) is 61.9 Å². The molecule has 0 spiro atoms. The molecule has 0 saturated carbocycles. The first-order valence-corrected chi connectivity index (χ1v) is 13.4. The maximum atomic E-state index is 13.7. The number of rotatable bonds is 10. The van der Waals surface area contributed by atoms with Crippen LogP contribution in [0.3, 0.4) is 0 Å². The zero-order chi connectivity index (χ0) is 28.9. The predicted molar refractivity (Wildman–Crippen MR) is 151 cm³/mol. The molecule has 0 radical (unpaired) electrons. The number of carbonyl (C=O) groups is 2. The number of para-hydroxylation sites is 1. The number of alkyl halides is 3. The average Bonchev–Trinajstić information content (AvgIpc) is 3.33. The first kappa shape index (κ1) is 28.9. The van der Waals surface area contributed by atoms with Crippen molar-refractivity contribution in [2.45, 2.75) is 39.9 Å². The molecule has 1 N–H and O–H groups in total. The van der Waals surface area contributed by atoms with Crippen LogP contribution in [0.2, 0.25) is 0 Å². The highest BCUT2D eigenvalue weighted by atomic mass is 19.4. The number of nitrogens with one attached hydrogen (secondary N) is 1. The molecule has 3 aromatic carbocycles. The van der Waals surface area contributed by atoms with Crippen LogP contribution >= 0.6 is 0 Å². The summed E-state index contributed by atoms with van der Waals surface area (Å²) in [7, 11) is 0. The lowest BCUT2D eigenvalue weighted by molar-refractivity contribution is -0.137. The molecule has 8 heteroatoms. The average molecular weight is 550 g/mol. The number of benzene rings is 3. The highest BCUT2D eigenvalue weighted by Crippen LogP contribution is 2.29. The Kier molecular flexibility index (Phi) is 8.97. The highest BCUT2D eigenvalue weighted by molar-refractivity contribution is 5.96. The van der Waals surface area contributed by atoms with Crippen molar-refractivity contribution in [3.8, 4) is 0 Å². The van der Waals surface area contributed by atoms with E-state index in [1.54, 1.807) is 21.9 Å². The number of carbonyl (C=O) groups excluding carboxylic acids is 2. The molecule has 0 aliphatic heterocycles. The lowest BCUT2D eigenvalue weighted by atomic mass is 10.1. The van der Waals surface area contributed by atoms with Crippen molar-refractivity contribution in [3.05, 3.63) is 107 Å². The maximum absolute atomic E-state index is 13.7. The number of aryl methyl sites for hydroxylation is 1. The summed E-state index contributed by atoms with van der Waals surface area (Å²) in [4.78, 5) is 33.5. The fourth-order valence-corrected chi connectivity index (χ4v) is 4.71. The first-order valence-electron chi connectivity index (χ1n) is 13.4. The molecule has 210 valence electrons. The zero-order valence-corrected chi connectivity index (χ0v) is 23.0. The fourth-order valence-electron chi connectivity index (χ4n) is 4.71.